The highest BCUT2D eigenvalue weighted by Gasteiger charge is 2.33. The van der Waals surface area contributed by atoms with Crippen LogP contribution in [0, 0.1) is 5.82 Å². The summed E-state index contributed by atoms with van der Waals surface area (Å²) in [6.07, 6.45) is 0. The minimum atomic E-state index is -0.759. The van der Waals surface area contributed by atoms with Gasteiger partial charge in [-0.1, -0.05) is 0 Å². The van der Waals surface area contributed by atoms with Crippen LogP contribution < -0.4 is 9.64 Å². The standard InChI is InChI=1S/C16H18FNO6/c1-4-24-13-6-5-10(17)7-12(13)18-9-23-8-11(15(19)21-2)14(18)16(20)22-3/h5-7H,4,8-9H2,1-3H3. The molecule has 2 rings (SSSR count). The van der Waals surface area contributed by atoms with Crippen molar-refractivity contribution in [2.45, 2.75) is 6.92 Å². The largest absolute Gasteiger partial charge is 0.492 e. The van der Waals surface area contributed by atoms with Gasteiger partial charge in [-0.2, -0.15) is 0 Å². The molecule has 130 valence electrons. The zero-order valence-corrected chi connectivity index (χ0v) is 13.6. The number of esters is 2. The fraction of sp³-hybridized carbons (Fsp3) is 0.375. The van der Waals surface area contributed by atoms with Crippen LogP contribution in [-0.4, -0.2) is 46.1 Å². The minimum absolute atomic E-state index is 0.0118. The molecule has 0 atom stereocenters. The third-order valence-corrected chi connectivity index (χ3v) is 3.34. The maximum Gasteiger partial charge on any atom is 0.355 e. The Bertz CT molecular complexity index is 673. The van der Waals surface area contributed by atoms with Gasteiger partial charge in [-0.25, -0.2) is 14.0 Å². The summed E-state index contributed by atoms with van der Waals surface area (Å²) in [4.78, 5) is 25.5. The summed E-state index contributed by atoms with van der Waals surface area (Å²) in [5.41, 5.74) is 0.169. The van der Waals surface area contributed by atoms with E-state index in [2.05, 4.69) is 4.74 Å². The second-order valence-electron chi connectivity index (χ2n) is 4.76. The van der Waals surface area contributed by atoms with Crippen LogP contribution in [0.4, 0.5) is 10.1 Å². The molecule has 0 N–H and O–H groups in total. The summed E-state index contributed by atoms with van der Waals surface area (Å²) in [5, 5.41) is 0. The molecule has 0 radical (unpaired) electrons. The summed E-state index contributed by atoms with van der Waals surface area (Å²) in [6, 6.07) is 3.87. The number of nitrogens with zero attached hydrogens (tertiary/aromatic N) is 1. The molecular formula is C16H18FNO6. The van der Waals surface area contributed by atoms with Gasteiger partial charge in [0.05, 0.1) is 38.7 Å². The zero-order valence-electron chi connectivity index (χ0n) is 13.6. The lowest BCUT2D eigenvalue weighted by molar-refractivity contribution is -0.140. The summed E-state index contributed by atoms with van der Waals surface area (Å²) in [5.74, 6) is -1.67. The van der Waals surface area contributed by atoms with Crippen molar-refractivity contribution in [3.05, 3.63) is 35.3 Å². The van der Waals surface area contributed by atoms with E-state index in [1.165, 1.54) is 37.3 Å². The van der Waals surface area contributed by atoms with Crippen molar-refractivity contribution in [3.63, 3.8) is 0 Å². The lowest BCUT2D eigenvalue weighted by Gasteiger charge is -2.32. The van der Waals surface area contributed by atoms with E-state index in [0.29, 0.717) is 12.4 Å². The molecule has 1 aromatic rings. The van der Waals surface area contributed by atoms with Gasteiger partial charge in [0, 0.05) is 6.07 Å². The smallest absolute Gasteiger partial charge is 0.355 e. The summed E-state index contributed by atoms with van der Waals surface area (Å²) in [7, 11) is 2.38. The molecule has 24 heavy (non-hydrogen) atoms. The predicted molar refractivity (Wildman–Crippen MR) is 81.9 cm³/mol. The van der Waals surface area contributed by atoms with E-state index in [0.717, 1.165) is 0 Å². The molecule has 1 aliphatic rings. The van der Waals surface area contributed by atoms with Gasteiger partial charge in [0.1, 0.15) is 24.0 Å². The van der Waals surface area contributed by atoms with E-state index in [-0.39, 0.29) is 30.3 Å². The Morgan fingerprint density at radius 1 is 1.25 bits per heavy atom. The van der Waals surface area contributed by atoms with Crippen LogP contribution >= 0.6 is 0 Å². The highest BCUT2D eigenvalue weighted by Crippen LogP contribution is 2.34. The Balaban J connectivity index is 2.61. The highest BCUT2D eigenvalue weighted by atomic mass is 19.1. The molecule has 0 saturated carbocycles. The average molecular weight is 339 g/mol. The molecule has 8 heteroatoms. The summed E-state index contributed by atoms with van der Waals surface area (Å²) in [6.45, 7) is 1.92. The van der Waals surface area contributed by atoms with Gasteiger partial charge in [-0.15, -0.1) is 0 Å². The van der Waals surface area contributed by atoms with Gasteiger partial charge in [-0.3, -0.25) is 0 Å². The molecule has 1 heterocycles. The Morgan fingerprint density at radius 2 is 1.96 bits per heavy atom. The van der Waals surface area contributed by atoms with Gasteiger partial charge in [0.15, 0.2) is 0 Å². The van der Waals surface area contributed by atoms with Crippen LogP contribution in [0.25, 0.3) is 0 Å². The lowest BCUT2D eigenvalue weighted by atomic mass is 10.1. The fourth-order valence-electron chi connectivity index (χ4n) is 2.31. The number of anilines is 1. The first kappa shape index (κ1) is 17.7. The molecule has 0 spiro atoms. The monoisotopic (exact) mass is 339 g/mol. The maximum atomic E-state index is 13.7. The van der Waals surface area contributed by atoms with Crippen LogP contribution in [0.1, 0.15) is 6.92 Å². The van der Waals surface area contributed by atoms with Crippen molar-refractivity contribution >= 4 is 17.6 Å². The number of halogens is 1. The van der Waals surface area contributed by atoms with Crippen LogP contribution in [0.5, 0.6) is 5.75 Å². The Hall–Kier alpha value is -2.61. The topological polar surface area (TPSA) is 74.3 Å². The first-order chi connectivity index (χ1) is 11.5. The third kappa shape index (κ3) is 3.48. The van der Waals surface area contributed by atoms with Crippen molar-refractivity contribution < 1.29 is 32.9 Å². The quantitative estimate of drug-likeness (QED) is 0.755. The summed E-state index contributed by atoms with van der Waals surface area (Å²) < 4.78 is 34.0. The van der Waals surface area contributed by atoms with Crippen LogP contribution in [-0.2, 0) is 23.8 Å². The molecule has 0 bridgehead atoms. The minimum Gasteiger partial charge on any atom is -0.492 e. The highest BCUT2D eigenvalue weighted by molar-refractivity contribution is 6.03. The second-order valence-corrected chi connectivity index (χ2v) is 4.76. The third-order valence-electron chi connectivity index (χ3n) is 3.34. The predicted octanol–water partition coefficient (Wildman–Crippen LogP) is 1.62. The number of methoxy groups -OCH3 is 2. The van der Waals surface area contributed by atoms with Crippen molar-refractivity contribution in [2.24, 2.45) is 0 Å². The number of hydrogen-bond acceptors (Lipinski definition) is 7. The fourth-order valence-corrected chi connectivity index (χ4v) is 2.31. The molecule has 0 aromatic heterocycles. The molecule has 0 fully saturated rings. The van der Waals surface area contributed by atoms with Gasteiger partial charge in [0.2, 0.25) is 0 Å². The number of rotatable bonds is 5. The lowest BCUT2D eigenvalue weighted by Crippen LogP contribution is -2.39. The van der Waals surface area contributed by atoms with Crippen LogP contribution in [0.15, 0.2) is 29.5 Å². The van der Waals surface area contributed by atoms with E-state index >= 15 is 0 Å². The van der Waals surface area contributed by atoms with Gasteiger partial charge < -0.3 is 23.8 Å². The van der Waals surface area contributed by atoms with E-state index in [9.17, 15) is 14.0 Å². The van der Waals surface area contributed by atoms with Crippen LogP contribution in [0.2, 0.25) is 0 Å². The summed E-state index contributed by atoms with van der Waals surface area (Å²) >= 11 is 0. The normalized spacial score (nSPS) is 14.4. The van der Waals surface area contributed by atoms with Crippen LogP contribution in [0.3, 0.4) is 0 Å². The first-order valence-electron chi connectivity index (χ1n) is 7.20. The SMILES string of the molecule is CCOc1ccc(F)cc1N1COCC(C(=O)OC)=C1C(=O)OC. The molecule has 1 aliphatic heterocycles. The number of hydrogen-bond donors (Lipinski definition) is 0. The van der Waals surface area contributed by atoms with Gasteiger partial charge in [-0.05, 0) is 19.1 Å². The Labute approximate surface area is 138 Å². The number of carbonyl (C=O) groups is 2. The zero-order chi connectivity index (χ0) is 17.7. The number of ether oxygens (including phenoxy) is 4. The Kier molecular flexibility index (Phi) is 5.75. The van der Waals surface area contributed by atoms with E-state index in [4.69, 9.17) is 14.2 Å². The van der Waals surface area contributed by atoms with Crippen molar-refractivity contribution in [1.29, 1.82) is 0 Å². The van der Waals surface area contributed by atoms with E-state index in [1.54, 1.807) is 6.92 Å². The molecular weight excluding hydrogens is 321 g/mol. The van der Waals surface area contributed by atoms with Crippen molar-refractivity contribution in [1.82, 2.24) is 0 Å². The molecule has 0 saturated heterocycles. The Morgan fingerprint density at radius 3 is 2.58 bits per heavy atom. The number of benzene rings is 1. The molecule has 1 aromatic carbocycles. The molecule has 7 nitrogen and oxygen atoms in total. The maximum absolute atomic E-state index is 13.7. The van der Waals surface area contributed by atoms with Crippen molar-refractivity contribution in [2.75, 3.05) is 39.1 Å². The van der Waals surface area contributed by atoms with Crippen molar-refractivity contribution in [3.8, 4) is 5.75 Å². The van der Waals surface area contributed by atoms with E-state index in [1.807, 2.05) is 0 Å². The molecule has 0 unspecified atom stereocenters. The van der Waals surface area contributed by atoms with Gasteiger partial charge >= 0.3 is 11.9 Å². The van der Waals surface area contributed by atoms with Gasteiger partial charge in [0.25, 0.3) is 0 Å². The van der Waals surface area contributed by atoms with E-state index < -0.39 is 17.8 Å². The second kappa shape index (κ2) is 7.78. The molecule has 0 aliphatic carbocycles. The first-order valence-corrected chi connectivity index (χ1v) is 7.20. The number of carbonyl (C=O) groups excluding carboxylic acids is 2. The average Bonchev–Trinajstić information content (AvgIpc) is 2.61. The molecule has 0 amide bonds.